The van der Waals surface area contributed by atoms with Crippen molar-refractivity contribution in [2.45, 2.75) is 84.5 Å². The molecule has 1 N–H and O–H groups in total. The van der Waals surface area contributed by atoms with Crippen molar-refractivity contribution < 1.29 is 4.79 Å². The van der Waals surface area contributed by atoms with Crippen molar-refractivity contribution in [1.29, 1.82) is 0 Å². The van der Waals surface area contributed by atoms with E-state index in [4.69, 9.17) is 0 Å². The van der Waals surface area contributed by atoms with Crippen LogP contribution in [0.4, 0.5) is 0 Å². The predicted molar refractivity (Wildman–Crippen MR) is 79.4 cm³/mol. The van der Waals surface area contributed by atoms with Gasteiger partial charge in [-0.2, -0.15) is 0 Å². The Morgan fingerprint density at radius 2 is 1.39 bits per heavy atom. The summed E-state index contributed by atoms with van der Waals surface area (Å²) in [6.45, 7) is 3.80. The van der Waals surface area contributed by atoms with E-state index in [1.54, 1.807) is 6.20 Å². The molecule has 0 aromatic heterocycles. The number of hydrogen-bond acceptors (Lipinski definition) is 1. The highest BCUT2D eigenvalue weighted by atomic mass is 16.1. The van der Waals surface area contributed by atoms with Crippen LogP contribution >= 0.6 is 0 Å². The summed E-state index contributed by atoms with van der Waals surface area (Å²) in [7, 11) is 0. The first-order chi connectivity index (χ1) is 8.77. The maximum absolute atomic E-state index is 10.6. The molecule has 0 rings (SSSR count). The summed E-state index contributed by atoms with van der Waals surface area (Å²) in [5, 5.41) is 2.66. The van der Waals surface area contributed by atoms with Gasteiger partial charge in [0.2, 0.25) is 5.91 Å². The first kappa shape index (κ1) is 17.2. The van der Waals surface area contributed by atoms with Gasteiger partial charge >= 0.3 is 0 Å². The summed E-state index contributed by atoms with van der Waals surface area (Å²) in [5.74, 6) is 0.00863. The van der Waals surface area contributed by atoms with E-state index in [0.29, 0.717) is 0 Å². The Bertz CT molecular complexity index is 211. The van der Waals surface area contributed by atoms with Crippen LogP contribution in [0.2, 0.25) is 0 Å². The van der Waals surface area contributed by atoms with Crippen LogP contribution in [-0.4, -0.2) is 5.91 Å². The van der Waals surface area contributed by atoms with Crippen molar-refractivity contribution in [1.82, 2.24) is 5.32 Å². The van der Waals surface area contributed by atoms with Gasteiger partial charge in [-0.25, -0.2) is 0 Å². The van der Waals surface area contributed by atoms with Crippen LogP contribution in [0.15, 0.2) is 12.3 Å². The van der Waals surface area contributed by atoms with Crippen LogP contribution in [0.25, 0.3) is 0 Å². The third kappa shape index (κ3) is 15.2. The molecule has 0 spiro atoms. The number of carbonyl (C=O) groups is 1. The lowest BCUT2D eigenvalue weighted by atomic mass is 10.1. The zero-order valence-electron chi connectivity index (χ0n) is 12.3. The molecule has 0 aliphatic heterocycles. The fourth-order valence-electron chi connectivity index (χ4n) is 2.01. The molecule has 0 radical (unpaired) electrons. The molecule has 0 bridgehead atoms. The molecule has 1 amide bonds. The molecule has 0 heterocycles. The van der Waals surface area contributed by atoms with Crippen LogP contribution in [-0.2, 0) is 4.79 Å². The number of carbonyl (C=O) groups excluding carboxylic acids is 1. The molecule has 0 aromatic rings. The minimum absolute atomic E-state index is 0.00863. The lowest BCUT2D eigenvalue weighted by Gasteiger charge is -2.01. The Morgan fingerprint density at radius 1 is 0.889 bits per heavy atom. The van der Waals surface area contributed by atoms with Crippen molar-refractivity contribution >= 4 is 5.91 Å². The van der Waals surface area contributed by atoms with Crippen LogP contribution in [0.3, 0.4) is 0 Å². The van der Waals surface area contributed by atoms with Gasteiger partial charge in [-0.05, 0) is 19.0 Å². The van der Waals surface area contributed by atoms with Gasteiger partial charge in [-0.3, -0.25) is 4.79 Å². The standard InChI is InChI=1S/C16H31NO/c1-3-4-5-6-7-8-9-10-11-12-13-14-15-17-16(2)18/h14-15H,3-13H2,1-2H3,(H,17,18). The first-order valence-electron chi connectivity index (χ1n) is 7.69. The molecule has 0 atom stereocenters. The van der Waals surface area contributed by atoms with Gasteiger partial charge in [-0.1, -0.05) is 70.8 Å². The Hall–Kier alpha value is -0.790. The van der Waals surface area contributed by atoms with Gasteiger partial charge in [0.15, 0.2) is 0 Å². The topological polar surface area (TPSA) is 29.1 Å². The molecular weight excluding hydrogens is 222 g/mol. The number of hydrogen-bond donors (Lipinski definition) is 1. The largest absolute Gasteiger partial charge is 0.333 e. The fraction of sp³-hybridized carbons (Fsp3) is 0.812. The molecule has 0 aromatic carbocycles. The second-order valence-corrected chi connectivity index (χ2v) is 5.07. The van der Waals surface area contributed by atoms with E-state index >= 15 is 0 Å². The molecule has 0 aliphatic carbocycles. The van der Waals surface area contributed by atoms with E-state index in [-0.39, 0.29) is 5.91 Å². The first-order valence-corrected chi connectivity index (χ1v) is 7.69. The summed E-state index contributed by atoms with van der Waals surface area (Å²) in [4.78, 5) is 10.6. The van der Waals surface area contributed by atoms with E-state index in [0.717, 1.165) is 6.42 Å². The number of nitrogens with one attached hydrogen (secondary N) is 1. The van der Waals surface area contributed by atoms with Crippen LogP contribution in [0.5, 0.6) is 0 Å². The van der Waals surface area contributed by atoms with Crippen molar-refractivity contribution in [2.24, 2.45) is 0 Å². The summed E-state index contributed by atoms with van der Waals surface area (Å²) >= 11 is 0. The average Bonchev–Trinajstić information content (AvgIpc) is 2.34. The zero-order valence-corrected chi connectivity index (χ0v) is 12.3. The molecule has 0 unspecified atom stereocenters. The molecule has 0 fully saturated rings. The van der Waals surface area contributed by atoms with Crippen LogP contribution in [0, 0.1) is 0 Å². The van der Waals surface area contributed by atoms with Crippen LogP contribution in [0.1, 0.15) is 84.5 Å². The number of unbranched alkanes of at least 4 members (excludes halogenated alkanes) is 10. The van der Waals surface area contributed by atoms with Crippen molar-refractivity contribution in [3.63, 3.8) is 0 Å². The fourth-order valence-corrected chi connectivity index (χ4v) is 2.01. The van der Waals surface area contributed by atoms with Crippen LogP contribution < -0.4 is 5.32 Å². The smallest absolute Gasteiger partial charge is 0.220 e. The zero-order chi connectivity index (χ0) is 13.5. The van der Waals surface area contributed by atoms with E-state index in [9.17, 15) is 4.79 Å². The molecule has 0 saturated carbocycles. The summed E-state index contributed by atoms with van der Waals surface area (Å²) in [6, 6.07) is 0. The van der Waals surface area contributed by atoms with E-state index in [1.807, 2.05) is 6.08 Å². The lowest BCUT2D eigenvalue weighted by molar-refractivity contribution is -0.118. The van der Waals surface area contributed by atoms with Gasteiger partial charge < -0.3 is 5.32 Å². The lowest BCUT2D eigenvalue weighted by Crippen LogP contribution is -2.11. The second-order valence-electron chi connectivity index (χ2n) is 5.07. The summed E-state index contributed by atoms with van der Waals surface area (Å²) < 4.78 is 0. The highest BCUT2D eigenvalue weighted by Gasteiger charge is 1.91. The SMILES string of the molecule is CCCCCCCCCCCCC=CNC(C)=O. The molecule has 2 nitrogen and oxygen atoms in total. The van der Waals surface area contributed by atoms with Gasteiger partial charge in [-0.15, -0.1) is 0 Å². The van der Waals surface area contributed by atoms with Gasteiger partial charge in [0.1, 0.15) is 0 Å². The third-order valence-corrected chi connectivity index (χ3v) is 3.13. The quantitative estimate of drug-likeness (QED) is 0.490. The number of allylic oxidation sites excluding steroid dienone is 1. The Kier molecular flexibility index (Phi) is 13.6. The summed E-state index contributed by atoms with van der Waals surface area (Å²) in [5.41, 5.74) is 0. The molecule has 18 heavy (non-hydrogen) atoms. The second kappa shape index (κ2) is 14.3. The Balaban J connectivity index is 3.03. The van der Waals surface area contributed by atoms with Gasteiger partial charge in [0.05, 0.1) is 0 Å². The molecule has 0 aliphatic rings. The number of rotatable bonds is 12. The number of amides is 1. The van der Waals surface area contributed by atoms with E-state index in [1.165, 1.54) is 71.1 Å². The van der Waals surface area contributed by atoms with Crippen molar-refractivity contribution in [3.05, 3.63) is 12.3 Å². The average molecular weight is 253 g/mol. The minimum atomic E-state index is 0.00863. The van der Waals surface area contributed by atoms with E-state index < -0.39 is 0 Å². The normalized spacial score (nSPS) is 11.0. The van der Waals surface area contributed by atoms with E-state index in [2.05, 4.69) is 12.2 Å². The highest BCUT2D eigenvalue weighted by Crippen LogP contribution is 2.11. The molecule has 2 heteroatoms. The Labute approximate surface area is 113 Å². The Morgan fingerprint density at radius 3 is 1.89 bits per heavy atom. The van der Waals surface area contributed by atoms with Crippen molar-refractivity contribution in [2.75, 3.05) is 0 Å². The predicted octanol–water partition coefficient (Wildman–Crippen LogP) is 4.95. The van der Waals surface area contributed by atoms with Crippen molar-refractivity contribution in [3.8, 4) is 0 Å². The summed E-state index contributed by atoms with van der Waals surface area (Å²) in [6.07, 6.45) is 18.6. The maximum atomic E-state index is 10.6. The molecule has 0 saturated heterocycles. The van der Waals surface area contributed by atoms with Gasteiger partial charge in [0, 0.05) is 6.92 Å². The third-order valence-electron chi connectivity index (χ3n) is 3.13. The minimum Gasteiger partial charge on any atom is -0.333 e. The highest BCUT2D eigenvalue weighted by molar-refractivity contribution is 5.73. The molecular formula is C16H31NO. The molecule has 106 valence electrons. The van der Waals surface area contributed by atoms with Gasteiger partial charge in [0.25, 0.3) is 0 Å². The maximum Gasteiger partial charge on any atom is 0.220 e. The monoisotopic (exact) mass is 253 g/mol.